The third-order valence-electron chi connectivity index (χ3n) is 6.47. The molecule has 2 heterocycles. The monoisotopic (exact) mass is 494 g/mol. The van der Waals surface area contributed by atoms with Gasteiger partial charge in [0, 0.05) is 30.5 Å². The Morgan fingerprint density at radius 3 is 2.23 bits per heavy atom. The molecule has 0 aliphatic carbocycles. The molecule has 1 unspecified atom stereocenters. The van der Waals surface area contributed by atoms with Gasteiger partial charge in [0.2, 0.25) is 0 Å². The molecule has 1 saturated heterocycles. The van der Waals surface area contributed by atoms with Crippen LogP contribution in [0.4, 0.5) is 0 Å². The van der Waals surface area contributed by atoms with Gasteiger partial charge in [-0.05, 0) is 37.5 Å². The average molecular weight is 495 g/mol. The lowest BCUT2D eigenvalue weighted by atomic mass is 10.1. The molecule has 0 N–H and O–H groups in total. The van der Waals surface area contributed by atoms with Crippen molar-refractivity contribution in [3.05, 3.63) is 94.8 Å². The van der Waals surface area contributed by atoms with Crippen LogP contribution in [0.25, 0.3) is 0 Å². The highest BCUT2D eigenvalue weighted by Crippen LogP contribution is 2.22. The fourth-order valence-electron chi connectivity index (χ4n) is 4.53. The van der Waals surface area contributed by atoms with Crippen molar-refractivity contribution in [2.45, 2.75) is 39.4 Å². The molecular weight excluding hydrogens is 464 g/mol. The maximum atomic E-state index is 13.1. The highest BCUT2D eigenvalue weighted by atomic mass is 32.2. The first-order chi connectivity index (χ1) is 16.7. The van der Waals surface area contributed by atoms with Gasteiger partial charge in [-0.3, -0.25) is 4.79 Å². The molecule has 1 amide bonds. The number of esters is 1. The molecule has 35 heavy (non-hydrogen) atoms. The summed E-state index contributed by atoms with van der Waals surface area (Å²) in [6.07, 6.45) is 0.384. The van der Waals surface area contributed by atoms with Gasteiger partial charge in [0.25, 0.3) is 5.91 Å². The van der Waals surface area contributed by atoms with Crippen LogP contribution in [-0.4, -0.2) is 53.9 Å². The second-order valence-electron chi connectivity index (χ2n) is 9.00. The second kappa shape index (κ2) is 10.5. The van der Waals surface area contributed by atoms with Crippen LogP contribution < -0.4 is 0 Å². The minimum Gasteiger partial charge on any atom is -0.452 e. The van der Waals surface area contributed by atoms with Gasteiger partial charge in [-0.2, -0.15) is 0 Å². The van der Waals surface area contributed by atoms with Crippen molar-refractivity contribution in [3.8, 4) is 0 Å². The van der Waals surface area contributed by atoms with Gasteiger partial charge in [0.05, 0.1) is 17.1 Å². The number of benzene rings is 2. The number of rotatable bonds is 8. The van der Waals surface area contributed by atoms with Crippen molar-refractivity contribution in [3.63, 3.8) is 0 Å². The van der Waals surface area contributed by atoms with Crippen molar-refractivity contribution in [2.24, 2.45) is 0 Å². The zero-order chi connectivity index (χ0) is 25.0. The second-order valence-corrected chi connectivity index (χ2v) is 11.2. The molecule has 7 nitrogen and oxygen atoms in total. The number of carbonyl (C=O) groups is 2. The Balaban J connectivity index is 1.45. The van der Waals surface area contributed by atoms with E-state index < -0.39 is 34.4 Å². The van der Waals surface area contributed by atoms with Crippen molar-refractivity contribution in [1.82, 2.24) is 9.47 Å². The van der Waals surface area contributed by atoms with Gasteiger partial charge in [-0.25, -0.2) is 13.2 Å². The number of carbonyl (C=O) groups excluding carboxylic acids is 2. The van der Waals surface area contributed by atoms with E-state index in [-0.39, 0.29) is 18.1 Å². The number of amides is 1. The van der Waals surface area contributed by atoms with Gasteiger partial charge >= 0.3 is 5.97 Å². The summed E-state index contributed by atoms with van der Waals surface area (Å²) in [5.41, 5.74) is 4.12. The summed E-state index contributed by atoms with van der Waals surface area (Å²) in [7, 11) is -3.18. The summed E-state index contributed by atoms with van der Waals surface area (Å²) in [6.45, 7) is 4.25. The topological polar surface area (TPSA) is 85.7 Å². The molecule has 1 aliphatic rings. The van der Waals surface area contributed by atoms with E-state index >= 15 is 0 Å². The van der Waals surface area contributed by atoms with Gasteiger partial charge in [0.15, 0.2) is 16.4 Å². The van der Waals surface area contributed by atoms with E-state index in [2.05, 4.69) is 0 Å². The number of hydrogen-bond acceptors (Lipinski definition) is 5. The molecule has 8 heteroatoms. The first-order valence-electron chi connectivity index (χ1n) is 11.6. The van der Waals surface area contributed by atoms with Crippen LogP contribution in [0.2, 0.25) is 0 Å². The number of ether oxygens (including phenoxy) is 1. The van der Waals surface area contributed by atoms with E-state index in [4.69, 9.17) is 4.74 Å². The quantitative estimate of drug-likeness (QED) is 0.447. The predicted molar refractivity (Wildman–Crippen MR) is 134 cm³/mol. The molecule has 1 aromatic heterocycles. The predicted octanol–water partition coefficient (Wildman–Crippen LogP) is 3.53. The third-order valence-corrected chi connectivity index (χ3v) is 8.22. The lowest BCUT2D eigenvalue weighted by Crippen LogP contribution is -2.42. The normalized spacial score (nSPS) is 16.7. The zero-order valence-corrected chi connectivity index (χ0v) is 20.8. The molecular formula is C27H30N2O5S. The molecule has 1 aliphatic heterocycles. The molecule has 184 valence electrons. The summed E-state index contributed by atoms with van der Waals surface area (Å²) in [5, 5.41) is 0. The summed E-state index contributed by atoms with van der Waals surface area (Å²) in [5.74, 6) is -0.976. The largest absolute Gasteiger partial charge is 0.452 e. The Morgan fingerprint density at radius 1 is 1.00 bits per heavy atom. The highest BCUT2D eigenvalue weighted by molar-refractivity contribution is 7.91. The van der Waals surface area contributed by atoms with Gasteiger partial charge in [-0.1, -0.05) is 60.7 Å². The molecule has 0 radical (unpaired) electrons. The fourth-order valence-corrected chi connectivity index (χ4v) is 6.26. The van der Waals surface area contributed by atoms with Gasteiger partial charge in [-0.15, -0.1) is 0 Å². The maximum Gasteiger partial charge on any atom is 0.340 e. The van der Waals surface area contributed by atoms with Crippen LogP contribution in [0.15, 0.2) is 66.7 Å². The first kappa shape index (κ1) is 24.7. The molecule has 0 bridgehead atoms. The lowest BCUT2D eigenvalue weighted by molar-refractivity contribution is -0.137. The Bertz CT molecular complexity index is 1300. The standard InChI is InChI=1S/C27H30N2O5S/c1-20-15-25(21(2)28(20)16-22-9-5-3-6-10-22)27(31)34-18-26(30)29(17-23-11-7-4-8-12-23)24-13-14-35(32,33)19-24/h3-12,15,24H,13-14,16-19H2,1-2H3. The summed E-state index contributed by atoms with van der Waals surface area (Å²) in [6, 6.07) is 20.7. The van der Waals surface area contributed by atoms with E-state index in [1.165, 1.54) is 4.90 Å². The molecule has 1 fully saturated rings. The summed E-state index contributed by atoms with van der Waals surface area (Å²) in [4.78, 5) is 27.6. The van der Waals surface area contributed by atoms with Crippen molar-refractivity contribution < 1.29 is 22.7 Å². The van der Waals surface area contributed by atoms with Crippen molar-refractivity contribution in [1.29, 1.82) is 0 Å². The van der Waals surface area contributed by atoms with E-state index in [0.29, 0.717) is 18.5 Å². The lowest BCUT2D eigenvalue weighted by Gasteiger charge is -2.28. The molecule has 1 atom stereocenters. The van der Waals surface area contributed by atoms with Crippen LogP contribution in [0.3, 0.4) is 0 Å². The number of hydrogen-bond donors (Lipinski definition) is 0. The first-order valence-corrected chi connectivity index (χ1v) is 13.5. The highest BCUT2D eigenvalue weighted by Gasteiger charge is 2.35. The Kier molecular flexibility index (Phi) is 7.40. The maximum absolute atomic E-state index is 13.1. The zero-order valence-electron chi connectivity index (χ0n) is 20.0. The van der Waals surface area contributed by atoms with E-state index in [1.54, 1.807) is 6.07 Å². The minimum atomic E-state index is -3.18. The smallest absolute Gasteiger partial charge is 0.340 e. The van der Waals surface area contributed by atoms with Crippen LogP contribution in [0.1, 0.15) is 39.3 Å². The Morgan fingerprint density at radius 2 is 1.63 bits per heavy atom. The van der Waals surface area contributed by atoms with Crippen LogP contribution in [0, 0.1) is 13.8 Å². The van der Waals surface area contributed by atoms with E-state index in [0.717, 1.165) is 22.5 Å². The average Bonchev–Trinajstić information content (AvgIpc) is 3.35. The Labute approximate surface area is 206 Å². The summed E-state index contributed by atoms with van der Waals surface area (Å²) < 4.78 is 31.6. The van der Waals surface area contributed by atoms with Crippen molar-refractivity contribution in [2.75, 3.05) is 18.1 Å². The third kappa shape index (κ3) is 6.00. The molecule has 3 aromatic rings. The summed E-state index contributed by atoms with van der Waals surface area (Å²) >= 11 is 0. The van der Waals surface area contributed by atoms with E-state index in [9.17, 15) is 18.0 Å². The van der Waals surface area contributed by atoms with Gasteiger partial charge in [0.1, 0.15) is 0 Å². The fraction of sp³-hybridized carbons (Fsp3) is 0.333. The number of sulfone groups is 1. The molecule has 0 saturated carbocycles. The van der Waals surface area contributed by atoms with Crippen molar-refractivity contribution >= 4 is 21.7 Å². The van der Waals surface area contributed by atoms with Crippen LogP contribution in [0.5, 0.6) is 0 Å². The van der Waals surface area contributed by atoms with E-state index in [1.807, 2.05) is 79.1 Å². The molecule has 0 spiro atoms. The van der Waals surface area contributed by atoms with Crippen LogP contribution in [-0.2, 0) is 32.5 Å². The molecule has 2 aromatic carbocycles. The SMILES string of the molecule is Cc1cc(C(=O)OCC(=O)N(Cc2ccccc2)C2CCS(=O)(=O)C2)c(C)n1Cc1ccccc1. The number of aryl methyl sites for hydroxylation is 1. The number of nitrogens with zero attached hydrogens (tertiary/aromatic N) is 2. The van der Waals surface area contributed by atoms with Crippen LogP contribution >= 0.6 is 0 Å². The minimum absolute atomic E-state index is 0.0590. The molecule has 4 rings (SSSR count). The number of aromatic nitrogens is 1. The Hall–Kier alpha value is -3.39. The van der Waals surface area contributed by atoms with Gasteiger partial charge < -0.3 is 14.2 Å².